The van der Waals surface area contributed by atoms with Crippen LogP contribution in [0.4, 0.5) is 0 Å². The molecule has 6 nitrogen and oxygen atoms in total. The van der Waals surface area contributed by atoms with Crippen molar-refractivity contribution < 1.29 is 19.0 Å². The number of H-pyrrole nitrogens is 1. The van der Waals surface area contributed by atoms with E-state index in [-0.39, 0.29) is 6.61 Å². The predicted octanol–water partition coefficient (Wildman–Crippen LogP) is 4.33. The minimum absolute atomic E-state index is 0.176. The van der Waals surface area contributed by atoms with Crippen molar-refractivity contribution in [1.29, 1.82) is 0 Å². The van der Waals surface area contributed by atoms with Crippen LogP contribution in [-0.4, -0.2) is 35.8 Å². The van der Waals surface area contributed by atoms with Crippen molar-refractivity contribution in [3.63, 3.8) is 0 Å². The molecule has 7 heteroatoms. The molecule has 0 aliphatic rings. The molecule has 2 aromatic carbocycles. The van der Waals surface area contributed by atoms with Gasteiger partial charge in [0.2, 0.25) is 0 Å². The minimum atomic E-state index is -0.424. The second-order valence-corrected chi connectivity index (χ2v) is 6.26. The van der Waals surface area contributed by atoms with Crippen LogP contribution in [0.3, 0.4) is 0 Å². The molecule has 1 N–H and O–H groups in total. The van der Waals surface area contributed by atoms with Crippen molar-refractivity contribution in [3.8, 4) is 22.9 Å². The molecule has 0 unspecified atom stereocenters. The maximum absolute atomic E-state index is 11.5. The number of carbonyl (C=O) groups excluding carboxylic acids is 1. The second-order valence-electron chi connectivity index (χ2n) is 5.41. The van der Waals surface area contributed by atoms with Gasteiger partial charge in [-0.3, -0.25) is 0 Å². The fourth-order valence-corrected chi connectivity index (χ4v) is 3.03. The quantitative estimate of drug-likeness (QED) is 0.577. The Labute approximate surface area is 159 Å². The summed E-state index contributed by atoms with van der Waals surface area (Å²) in [5, 5.41) is 0. The van der Waals surface area contributed by atoms with Gasteiger partial charge in [-0.25, -0.2) is 9.78 Å². The summed E-state index contributed by atoms with van der Waals surface area (Å²) in [6.45, 7) is 4.25. The van der Waals surface area contributed by atoms with Gasteiger partial charge in [0.25, 0.3) is 0 Å². The molecule has 0 fully saturated rings. The highest BCUT2D eigenvalue weighted by atomic mass is 79.9. The van der Waals surface area contributed by atoms with E-state index in [9.17, 15) is 4.79 Å². The highest BCUT2D eigenvalue weighted by Crippen LogP contribution is 2.38. The Balaban J connectivity index is 1.94. The number of esters is 1. The van der Waals surface area contributed by atoms with Crippen molar-refractivity contribution in [3.05, 3.63) is 40.9 Å². The summed E-state index contributed by atoms with van der Waals surface area (Å²) in [4.78, 5) is 19.5. The van der Waals surface area contributed by atoms with Crippen LogP contribution in [0.5, 0.6) is 11.5 Å². The van der Waals surface area contributed by atoms with Crippen LogP contribution in [0.2, 0.25) is 0 Å². The highest BCUT2D eigenvalue weighted by molar-refractivity contribution is 9.10. The lowest BCUT2D eigenvalue weighted by atomic mass is 10.2. The molecule has 1 aromatic heterocycles. The largest absolute Gasteiger partial charge is 0.490 e. The topological polar surface area (TPSA) is 73.4 Å². The van der Waals surface area contributed by atoms with Gasteiger partial charge in [0.15, 0.2) is 18.1 Å². The number of para-hydroxylation sites is 2. The second kappa shape index (κ2) is 8.23. The molecule has 0 bridgehead atoms. The number of fused-ring (bicyclic) bond motifs is 1. The Kier molecular flexibility index (Phi) is 5.78. The Morgan fingerprint density at radius 3 is 2.62 bits per heavy atom. The number of ether oxygens (including phenoxy) is 3. The zero-order chi connectivity index (χ0) is 18.5. The summed E-state index contributed by atoms with van der Waals surface area (Å²) in [5.74, 6) is 1.30. The molecule has 0 saturated heterocycles. The van der Waals surface area contributed by atoms with Crippen LogP contribution in [-0.2, 0) is 9.53 Å². The first kappa shape index (κ1) is 18.3. The highest BCUT2D eigenvalue weighted by Gasteiger charge is 2.16. The van der Waals surface area contributed by atoms with Crippen molar-refractivity contribution in [2.75, 3.05) is 19.8 Å². The first-order valence-electron chi connectivity index (χ1n) is 8.32. The lowest BCUT2D eigenvalue weighted by molar-refractivity contribution is -0.145. The summed E-state index contributed by atoms with van der Waals surface area (Å²) in [6, 6.07) is 11.4. The maximum atomic E-state index is 11.5. The average molecular weight is 419 g/mol. The summed E-state index contributed by atoms with van der Waals surface area (Å²) in [5.41, 5.74) is 2.68. The van der Waals surface area contributed by atoms with E-state index in [0.717, 1.165) is 26.9 Å². The molecule has 0 spiro atoms. The van der Waals surface area contributed by atoms with Crippen molar-refractivity contribution in [2.45, 2.75) is 13.8 Å². The molecule has 1 heterocycles. The lowest BCUT2D eigenvalue weighted by Crippen LogP contribution is -2.15. The van der Waals surface area contributed by atoms with Crippen LogP contribution >= 0.6 is 15.9 Å². The molecule has 0 aliphatic heterocycles. The number of nitrogens with one attached hydrogen (secondary N) is 1. The fourth-order valence-electron chi connectivity index (χ4n) is 2.52. The molecule has 26 heavy (non-hydrogen) atoms. The molecule has 0 atom stereocenters. The van der Waals surface area contributed by atoms with E-state index in [1.807, 2.05) is 37.3 Å². The number of carbonyl (C=O) groups is 1. The maximum Gasteiger partial charge on any atom is 0.344 e. The van der Waals surface area contributed by atoms with Gasteiger partial charge in [-0.2, -0.15) is 0 Å². The molecule has 0 radical (unpaired) electrons. The molecule has 3 rings (SSSR count). The number of halogens is 1. The Morgan fingerprint density at radius 1 is 1.12 bits per heavy atom. The van der Waals surface area contributed by atoms with E-state index >= 15 is 0 Å². The summed E-state index contributed by atoms with van der Waals surface area (Å²) in [7, 11) is 0. The van der Waals surface area contributed by atoms with Crippen LogP contribution in [0.1, 0.15) is 13.8 Å². The number of aromatic nitrogens is 2. The van der Waals surface area contributed by atoms with E-state index in [2.05, 4.69) is 25.9 Å². The molecule has 0 saturated carbocycles. The Morgan fingerprint density at radius 2 is 1.88 bits per heavy atom. The van der Waals surface area contributed by atoms with E-state index in [1.165, 1.54) is 0 Å². The van der Waals surface area contributed by atoms with Gasteiger partial charge in [0.05, 0.1) is 24.2 Å². The van der Waals surface area contributed by atoms with Gasteiger partial charge >= 0.3 is 5.97 Å². The lowest BCUT2D eigenvalue weighted by Gasteiger charge is -2.14. The van der Waals surface area contributed by atoms with Crippen molar-refractivity contribution >= 4 is 32.9 Å². The Hall–Kier alpha value is -2.54. The van der Waals surface area contributed by atoms with Gasteiger partial charge in [-0.15, -0.1) is 0 Å². The molecule has 0 amide bonds. The first-order valence-corrected chi connectivity index (χ1v) is 9.11. The normalized spacial score (nSPS) is 10.7. The van der Waals surface area contributed by atoms with Gasteiger partial charge in [-0.1, -0.05) is 12.1 Å². The monoisotopic (exact) mass is 418 g/mol. The molecular formula is C19H19BrN2O4. The zero-order valence-electron chi connectivity index (χ0n) is 14.5. The number of aromatic amines is 1. The van der Waals surface area contributed by atoms with Gasteiger partial charge in [0.1, 0.15) is 5.82 Å². The minimum Gasteiger partial charge on any atom is -0.490 e. The fraction of sp³-hybridized carbons (Fsp3) is 0.263. The first-order chi connectivity index (χ1) is 12.6. The number of hydrogen-bond donors (Lipinski definition) is 1. The third-order valence-electron chi connectivity index (χ3n) is 3.63. The van der Waals surface area contributed by atoms with E-state index in [1.54, 1.807) is 13.0 Å². The molecule has 3 aromatic rings. The molecular weight excluding hydrogens is 400 g/mol. The number of benzene rings is 2. The third-order valence-corrected chi connectivity index (χ3v) is 4.28. The SMILES string of the molecule is CCOC(=O)COc1cc(Br)c(-c2nc3ccccc3[nH]2)cc1OCC. The van der Waals surface area contributed by atoms with E-state index in [4.69, 9.17) is 14.2 Å². The van der Waals surface area contributed by atoms with Gasteiger partial charge < -0.3 is 19.2 Å². The smallest absolute Gasteiger partial charge is 0.344 e. The van der Waals surface area contributed by atoms with E-state index in [0.29, 0.717) is 24.7 Å². The van der Waals surface area contributed by atoms with Crippen LogP contribution in [0.15, 0.2) is 40.9 Å². The zero-order valence-corrected chi connectivity index (χ0v) is 16.1. The molecule has 0 aliphatic carbocycles. The number of imidazole rings is 1. The number of rotatable bonds is 7. The standard InChI is InChI=1S/C19H19BrN2O4/c1-3-24-16-9-12(19-21-14-7-5-6-8-15(14)22-19)13(20)10-17(16)26-11-18(23)25-4-2/h5-10H,3-4,11H2,1-2H3,(H,21,22). The third kappa shape index (κ3) is 3.99. The van der Waals surface area contributed by atoms with Gasteiger partial charge in [0, 0.05) is 10.0 Å². The van der Waals surface area contributed by atoms with Crippen LogP contribution in [0.25, 0.3) is 22.4 Å². The predicted molar refractivity (Wildman–Crippen MR) is 103 cm³/mol. The van der Waals surface area contributed by atoms with Crippen LogP contribution < -0.4 is 9.47 Å². The summed E-state index contributed by atoms with van der Waals surface area (Å²) >= 11 is 3.55. The van der Waals surface area contributed by atoms with E-state index < -0.39 is 5.97 Å². The Bertz CT molecular complexity index is 890. The number of nitrogens with zero attached hydrogens (tertiary/aromatic N) is 1. The van der Waals surface area contributed by atoms with Crippen molar-refractivity contribution in [1.82, 2.24) is 9.97 Å². The number of hydrogen-bond acceptors (Lipinski definition) is 5. The van der Waals surface area contributed by atoms with Crippen LogP contribution in [0, 0.1) is 0 Å². The summed E-state index contributed by atoms with van der Waals surface area (Å²) < 4.78 is 16.9. The molecule has 136 valence electrons. The van der Waals surface area contributed by atoms with Crippen molar-refractivity contribution in [2.24, 2.45) is 0 Å². The summed E-state index contributed by atoms with van der Waals surface area (Å²) in [6.07, 6.45) is 0. The average Bonchev–Trinajstić information content (AvgIpc) is 3.06. The van der Waals surface area contributed by atoms with Gasteiger partial charge in [-0.05, 0) is 54.0 Å².